The van der Waals surface area contributed by atoms with Gasteiger partial charge in [-0.2, -0.15) is 8.42 Å². The lowest BCUT2D eigenvalue weighted by Gasteiger charge is -2.11. The average molecular weight is 318 g/mol. The van der Waals surface area contributed by atoms with Gasteiger partial charge in [0.05, 0.1) is 11.4 Å². The van der Waals surface area contributed by atoms with Crippen molar-refractivity contribution in [2.24, 2.45) is 5.84 Å². The van der Waals surface area contributed by atoms with E-state index in [2.05, 4.69) is 10.4 Å². The Kier molecular flexibility index (Phi) is 4.00. The van der Waals surface area contributed by atoms with E-state index in [1.54, 1.807) is 0 Å². The summed E-state index contributed by atoms with van der Waals surface area (Å²) in [7, 11) is -4.26. The summed E-state index contributed by atoms with van der Waals surface area (Å²) < 4.78 is 65.0. The number of anilines is 2. The minimum absolute atomic E-state index is 0.0203. The Balaban J connectivity index is 2.42. The maximum absolute atomic E-state index is 13.1. The molecule has 112 valence electrons. The quantitative estimate of drug-likeness (QED) is 0.452. The van der Waals surface area contributed by atoms with Crippen molar-refractivity contribution in [2.75, 3.05) is 10.1 Å². The predicted molar refractivity (Wildman–Crippen MR) is 69.2 cm³/mol. The van der Waals surface area contributed by atoms with Crippen LogP contribution in [0.4, 0.5) is 24.5 Å². The van der Waals surface area contributed by atoms with Gasteiger partial charge >= 0.3 is 0 Å². The van der Waals surface area contributed by atoms with E-state index in [-0.39, 0.29) is 5.69 Å². The number of hydrogen-bond donors (Lipinski definition) is 3. The van der Waals surface area contributed by atoms with Crippen LogP contribution in [0.15, 0.2) is 35.5 Å². The Labute approximate surface area is 117 Å². The summed E-state index contributed by atoms with van der Waals surface area (Å²) in [5, 5.41) is -0.474. The first-order chi connectivity index (χ1) is 9.85. The van der Waals surface area contributed by atoms with Gasteiger partial charge in [-0.15, -0.1) is 0 Å². The van der Waals surface area contributed by atoms with Gasteiger partial charge in [0.1, 0.15) is 0 Å². The number of nitrogens with zero attached hydrogens (tertiary/aromatic N) is 1. The first-order valence-corrected chi connectivity index (χ1v) is 6.92. The van der Waals surface area contributed by atoms with E-state index in [0.717, 1.165) is 0 Å². The number of aromatic nitrogens is 1. The van der Waals surface area contributed by atoms with Crippen LogP contribution in [0.3, 0.4) is 0 Å². The monoisotopic (exact) mass is 318 g/mol. The molecule has 0 amide bonds. The molecule has 0 fully saturated rings. The van der Waals surface area contributed by atoms with Crippen molar-refractivity contribution < 1.29 is 21.6 Å². The summed E-state index contributed by atoms with van der Waals surface area (Å²) in [5.41, 5.74) is 1.62. The van der Waals surface area contributed by atoms with E-state index < -0.39 is 38.2 Å². The number of nitrogens with one attached hydrogen (secondary N) is 2. The molecule has 2 aromatic rings. The third-order valence-electron chi connectivity index (χ3n) is 2.42. The van der Waals surface area contributed by atoms with Gasteiger partial charge in [0.25, 0.3) is 10.0 Å². The van der Waals surface area contributed by atoms with Crippen molar-refractivity contribution in [2.45, 2.75) is 5.03 Å². The van der Waals surface area contributed by atoms with Crippen molar-refractivity contribution >= 4 is 21.4 Å². The molecule has 0 spiro atoms. The summed E-state index contributed by atoms with van der Waals surface area (Å²) >= 11 is 0. The molecule has 10 heteroatoms. The molecule has 0 saturated carbocycles. The van der Waals surface area contributed by atoms with Gasteiger partial charge in [-0.05, 0) is 12.1 Å². The maximum atomic E-state index is 13.1. The number of sulfonamides is 1. The lowest BCUT2D eigenvalue weighted by Crippen LogP contribution is -2.19. The number of halogens is 3. The van der Waals surface area contributed by atoms with E-state index in [1.807, 2.05) is 4.72 Å². The van der Waals surface area contributed by atoms with Crippen LogP contribution in [0.1, 0.15) is 0 Å². The Morgan fingerprint density at radius 1 is 1.14 bits per heavy atom. The molecule has 0 atom stereocenters. The number of benzene rings is 1. The molecule has 0 saturated heterocycles. The fraction of sp³-hybridized carbons (Fsp3) is 0. The lowest BCUT2D eigenvalue weighted by atomic mass is 10.3. The van der Waals surface area contributed by atoms with Gasteiger partial charge < -0.3 is 5.43 Å². The van der Waals surface area contributed by atoms with Crippen LogP contribution in [0.2, 0.25) is 0 Å². The van der Waals surface area contributed by atoms with Crippen molar-refractivity contribution in [1.82, 2.24) is 4.98 Å². The number of nitrogen functional groups attached to an aromatic ring is 1. The number of pyridine rings is 1. The zero-order valence-corrected chi connectivity index (χ0v) is 11.1. The second kappa shape index (κ2) is 5.58. The number of rotatable bonds is 4. The molecule has 6 nitrogen and oxygen atoms in total. The third-order valence-corrected chi connectivity index (χ3v) is 3.76. The molecular weight excluding hydrogens is 309 g/mol. The third kappa shape index (κ3) is 3.06. The highest BCUT2D eigenvalue weighted by atomic mass is 32.2. The number of hydrazine groups is 1. The first kappa shape index (κ1) is 15.1. The molecule has 0 bridgehead atoms. The first-order valence-electron chi connectivity index (χ1n) is 5.44. The van der Waals surface area contributed by atoms with Gasteiger partial charge in [-0.25, -0.2) is 18.2 Å². The largest absolute Gasteiger partial charge is 0.321 e. The van der Waals surface area contributed by atoms with Gasteiger partial charge in [0.2, 0.25) is 5.03 Å². The zero-order chi connectivity index (χ0) is 15.6. The smallest absolute Gasteiger partial charge is 0.281 e. The van der Waals surface area contributed by atoms with Crippen LogP contribution in [0, 0.1) is 17.5 Å². The Morgan fingerprint density at radius 3 is 2.33 bits per heavy atom. The van der Waals surface area contributed by atoms with Crippen molar-refractivity contribution in [3.63, 3.8) is 0 Å². The fourth-order valence-electron chi connectivity index (χ4n) is 1.53. The SMILES string of the molecule is NNc1cccnc1S(=O)(=O)Nc1cc(F)c(F)c(F)c1. The Bertz CT molecular complexity index is 760. The summed E-state index contributed by atoms with van der Waals surface area (Å²) in [6.45, 7) is 0. The maximum Gasteiger partial charge on any atom is 0.281 e. The van der Waals surface area contributed by atoms with Crippen LogP contribution in [-0.4, -0.2) is 13.4 Å². The van der Waals surface area contributed by atoms with Crippen LogP contribution in [-0.2, 0) is 10.0 Å². The summed E-state index contributed by atoms with van der Waals surface area (Å²) in [6.07, 6.45) is 1.20. The van der Waals surface area contributed by atoms with Gasteiger partial charge in [0, 0.05) is 18.3 Å². The average Bonchev–Trinajstić information content (AvgIpc) is 2.44. The minimum Gasteiger partial charge on any atom is -0.321 e. The number of nitrogens with two attached hydrogens (primary N) is 1. The van der Waals surface area contributed by atoms with Crippen LogP contribution in [0.25, 0.3) is 0 Å². The van der Waals surface area contributed by atoms with Crippen molar-refractivity contribution in [1.29, 1.82) is 0 Å². The van der Waals surface area contributed by atoms with Crippen LogP contribution < -0.4 is 16.0 Å². The van der Waals surface area contributed by atoms with E-state index in [9.17, 15) is 21.6 Å². The molecule has 21 heavy (non-hydrogen) atoms. The number of hydrogen-bond acceptors (Lipinski definition) is 5. The van der Waals surface area contributed by atoms with Gasteiger partial charge in [-0.1, -0.05) is 0 Å². The van der Waals surface area contributed by atoms with Crippen LogP contribution in [0.5, 0.6) is 0 Å². The summed E-state index contributed by atoms with van der Waals surface area (Å²) in [4.78, 5) is 3.63. The fourth-order valence-corrected chi connectivity index (χ4v) is 2.67. The molecule has 0 aliphatic heterocycles. The molecule has 2 rings (SSSR count). The minimum atomic E-state index is -4.26. The highest BCUT2D eigenvalue weighted by Crippen LogP contribution is 2.23. The molecule has 1 heterocycles. The highest BCUT2D eigenvalue weighted by molar-refractivity contribution is 7.92. The molecule has 4 N–H and O–H groups in total. The molecule has 0 unspecified atom stereocenters. The molecule has 0 aliphatic rings. The highest BCUT2D eigenvalue weighted by Gasteiger charge is 2.21. The second-order valence-corrected chi connectivity index (χ2v) is 5.46. The molecule has 1 aromatic carbocycles. The van der Waals surface area contributed by atoms with Crippen LogP contribution >= 0.6 is 0 Å². The van der Waals surface area contributed by atoms with Gasteiger partial charge in [-0.3, -0.25) is 10.6 Å². The van der Waals surface area contributed by atoms with E-state index in [1.165, 1.54) is 18.3 Å². The molecule has 0 aliphatic carbocycles. The molecule has 0 radical (unpaired) electrons. The standard InChI is InChI=1S/C11H9F3N4O2S/c12-7-4-6(5-8(13)10(7)14)18-21(19,20)11-9(17-15)2-1-3-16-11/h1-5,17-18H,15H2. The van der Waals surface area contributed by atoms with E-state index in [0.29, 0.717) is 12.1 Å². The Hall–Kier alpha value is -2.33. The zero-order valence-electron chi connectivity index (χ0n) is 10.3. The van der Waals surface area contributed by atoms with Crippen molar-refractivity contribution in [3.8, 4) is 0 Å². The van der Waals surface area contributed by atoms with E-state index in [4.69, 9.17) is 5.84 Å². The van der Waals surface area contributed by atoms with Gasteiger partial charge in [0.15, 0.2) is 17.5 Å². The van der Waals surface area contributed by atoms with E-state index >= 15 is 0 Å². The normalized spacial score (nSPS) is 11.2. The topological polar surface area (TPSA) is 97.1 Å². The predicted octanol–water partition coefficient (Wildman–Crippen LogP) is 1.59. The van der Waals surface area contributed by atoms with Crippen molar-refractivity contribution in [3.05, 3.63) is 47.9 Å². The second-order valence-electron chi connectivity index (χ2n) is 3.86. The summed E-state index contributed by atoms with van der Waals surface area (Å²) in [5.74, 6) is 0.418. The Morgan fingerprint density at radius 2 is 1.76 bits per heavy atom. The summed E-state index contributed by atoms with van der Waals surface area (Å²) in [6, 6.07) is 3.79. The molecule has 1 aromatic heterocycles. The molecular formula is C11H9F3N4O2S. The lowest BCUT2D eigenvalue weighted by molar-refractivity contribution is 0.448.